The number of carbonyl (C=O) groups is 1. The largest absolute Gasteiger partial charge is 0.495 e. The summed E-state index contributed by atoms with van der Waals surface area (Å²) in [6, 6.07) is 12.2. The minimum absolute atomic E-state index is 0.0189. The lowest BCUT2D eigenvalue weighted by Gasteiger charge is -2.36. The van der Waals surface area contributed by atoms with E-state index in [4.69, 9.17) is 4.74 Å². The number of carbonyl (C=O) groups excluding carboxylic acids is 1. The lowest BCUT2D eigenvalue weighted by atomic mass is 10.2. The Morgan fingerprint density at radius 1 is 1.11 bits per heavy atom. The molecule has 140 valence electrons. The first-order valence-electron chi connectivity index (χ1n) is 8.85. The number of thiophene rings is 1. The first-order chi connectivity index (χ1) is 13.2. The van der Waals surface area contributed by atoms with Gasteiger partial charge in [0.05, 0.1) is 17.7 Å². The summed E-state index contributed by atoms with van der Waals surface area (Å²) in [6.45, 7) is 5.01. The Morgan fingerprint density at radius 2 is 1.89 bits per heavy atom. The monoisotopic (exact) mass is 399 g/mol. The highest BCUT2D eigenvalue weighted by molar-refractivity contribution is 7.21. The fraction of sp³-hybridized carbons (Fsp3) is 0.300. The molecule has 0 saturated carbocycles. The number of amides is 1. The molecule has 1 aromatic carbocycles. The summed E-state index contributed by atoms with van der Waals surface area (Å²) in [6.07, 6.45) is 0. The Bertz CT molecular complexity index is 942. The second-order valence-corrected chi connectivity index (χ2v) is 8.55. The molecule has 0 N–H and O–H groups in total. The van der Waals surface area contributed by atoms with E-state index < -0.39 is 0 Å². The minimum atomic E-state index is 0.0189. The highest BCUT2D eigenvalue weighted by Crippen LogP contribution is 2.31. The van der Waals surface area contributed by atoms with E-state index in [1.54, 1.807) is 18.4 Å². The van der Waals surface area contributed by atoms with Crippen molar-refractivity contribution < 1.29 is 9.53 Å². The first-order valence-corrected chi connectivity index (χ1v) is 10.5. The summed E-state index contributed by atoms with van der Waals surface area (Å²) in [5.74, 6) is 0.887. The van der Waals surface area contributed by atoms with Gasteiger partial charge in [-0.05, 0) is 31.2 Å². The topological polar surface area (TPSA) is 45.7 Å². The van der Waals surface area contributed by atoms with Crippen molar-refractivity contribution in [1.29, 1.82) is 0 Å². The van der Waals surface area contributed by atoms with Gasteiger partial charge in [0.25, 0.3) is 5.91 Å². The van der Waals surface area contributed by atoms with Gasteiger partial charge in [0, 0.05) is 36.4 Å². The van der Waals surface area contributed by atoms with Crippen LogP contribution >= 0.6 is 22.7 Å². The average molecular weight is 400 g/mol. The number of rotatable bonds is 4. The van der Waals surface area contributed by atoms with E-state index in [0.29, 0.717) is 18.8 Å². The third kappa shape index (κ3) is 3.70. The van der Waals surface area contributed by atoms with Gasteiger partial charge in [-0.2, -0.15) is 0 Å². The number of aromatic nitrogens is 1. The third-order valence-electron chi connectivity index (χ3n) is 4.67. The molecule has 27 heavy (non-hydrogen) atoms. The van der Waals surface area contributed by atoms with Crippen LogP contribution in [0.3, 0.4) is 0 Å². The normalized spacial score (nSPS) is 14.4. The van der Waals surface area contributed by atoms with Crippen molar-refractivity contribution in [3.8, 4) is 15.6 Å². The van der Waals surface area contributed by atoms with Crippen LogP contribution in [0.1, 0.15) is 15.4 Å². The lowest BCUT2D eigenvalue weighted by molar-refractivity contribution is 0.0741. The highest BCUT2D eigenvalue weighted by Gasteiger charge is 2.25. The van der Waals surface area contributed by atoms with Crippen LogP contribution in [0.15, 0.2) is 41.8 Å². The van der Waals surface area contributed by atoms with Gasteiger partial charge >= 0.3 is 0 Å². The van der Waals surface area contributed by atoms with Crippen molar-refractivity contribution in [1.82, 2.24) is 9.88 Å². The Labute approximate surface area is 166 Å². The van der Waals surface area contributed by atoms with E-state index in [1.807, 2.05) is 28.5 Å². The number of aryl methyl sites for hydroxylation is 1. The number of hydrogen-bond donors (Lipinski definition) is 0. The number of hydrogen-bond acceptors (Lipinski definition) is 6. The van der Waals surface area contributed by atoms with E-state index in [1.165, 1.54) is 16.2 Å². The summed E-state index contributed by atoms with van der Waals surface area (Å²) >= 11 is 3.24. The number of piperazine rings is 1. The van der Waals surface area contributed by atoms with E-state index in [-0.39, 0.29) is 5.91 Å². The maximum absolute atomic E-state index is 12.8. The molecular weight excluding hydrogens is 378 g/mol. The van der Waals surface area contributed by atoms with Crippen molar-refractivity contribution in [2.45, 2.75) is 6.92 Å². The number of anilines is 1. The van der Waals surface area contributed by atoms with Gasteiger partial charge in [-0.25, -0.2) is 4.98 Å². The minimum Gasteiger partial charge on any atom is -0.495 e. The SMILES string of the molecule is COc1ccccc1N1CCN(C(=O)c2csc(-c3ccc(C)s3)n2)CC1. The predicted octanol–water partition coefficient (Wildman–Crippen LogP) is 4.15. The van der Waals surface area contributed by atoms with Gasteiger partial charge in [-0.1, -0.05) is 12.1 Å². The predicted molar refractivity (Wildman–Crippen MR) is 111 cm³/mol. The zero-order chi connectivity index (χ0) is 18.8. The molecule has 4 rings (SSSR count). The molecule has 0 bridgehead atoms. The molecule has 2 aromatic heterocycles. The van der Waals surface area contributed by atoms with E-state index >= 15 is 0 Å². The summed E-state index contributed by atoms with van der Waals surface area (Å²) in [5, 5.41) is 2.79. The van der Waals surface area contributed by atoms with E-state index in [0.717, 1.165) is 34.4 Å². The first kappa shape index (κ1) is 18.0. The number of para-hydroxylation sites is 2. The summed E-state index contributed by atoms with van der Waals surface area (Å²) < 4.78 is 5.46. The molecule has 1 aliphatic rings. The Balaban J connectivity index is 1.42. The third-order valence-corrected chi connectivity index (χ3v) is 6.68. The summed E-state index contributed by atoms with van der Waals surface area (Å²) in [4.78, 5) is 24.0. The number of benzene rings is 1. The molecule has 1 amide bonds. The molecule has 0 aliphatic carbocycles. The van der Waals surface area contributed by atoms with Crippen LogP contribution in [0, 0.1) is 6.92 Å². The maximum Gasteiger partial charge on any atom is 0.273 e. The molecule has 0 atom stereocenters. The van der Waals surface area contributed by atoms with Crippen LogP contribution in [0.5, 0.6) is 5.75 Å². The molecule has 5 nitrogen and oxygen atoms in total. The molecule has 1 fully saturated rings. The number of methoxy groups -OCH3 is 1. The summed E-state index contributed by atoms with van der Waals surface area (Å²) in [7, 11) is 1.69. The average Bonchev–Trinajstić information content (AvgIpc) is 3.36. The maximum atomic E-state index is 12.8. The number of ether oxygens (including phenoxy) is 1. The Hall–Kier alpha value is -2.38. The zero-order valence-corrected chi connectivity index (χ0v) is 17.0. The molecule has 1 aliphatic heterocycles. The second-order valence-electron chi connectivity index (χ2n) is 6.40. The van der Waals surface area contributed by atoms with Crippen LogP contribution < -0.4 is 9.64 Å². The van der Waals surface area contributed by atoms with Crippen molar-refractivity contribution in [3.05, 3.63) is 52.3 Å². The molecular formula is C20H21N3O2S2. The molecule has 3 heterocycles. The lowest BCUT2D eigenvalue weighted by Crippen LogP contribution is -2.49. The summed E-state index contributed by atoms with van der Waals surface area (Å²) in [5.41, 5.74) is 1.63. The van der Waals surface area contributed by atoms with Crippen LogP contribution in [-0.4, -0.2) is 49.1 Å². The fourth-order valence-electron chi connectivity index (χ4n) is 3.24. The Morgan fingerprint density at radius 3 is 2.59 bits per heavy atom. The molecule has 0 unspecified atom stereocenters. The molecule has 1 saturated heterocycles. The van der Waals surface area contributed by atoms with Gasteiger partial charge in [0.1, 0.15) is 16.5 Å². The van der Waals surface area contributed by atoms with E-state index in [9.17, 15) is 4.79 Å². The van der Waals surface area contributed by atoms with Gasteiger partial charge in [-0.15, -0.1) is 22.7 Å². The fourth-order valence-corrected chi connectivity index (χ4v) is 4.97. The van der Waals surface area contributed by atoms with Crippen LogP contribution in [0.2, 0.25) is 0 Å². The van der Waals surface area contributed by atoms with Crippen molar-refractivity contribution in [2.75, 3.05) is 38.2 Å². The second kappa shape index (κ2) is 7.70. The van der Waals surface area contributed by atoms with Crippen LogP contribution in [0.4, 0.5) is 5.69 Å². The highest BCUT2D eigenvalue weighted by atomic mass is 32.1. The smallest absolute Gasteiger partial charge is 0.273 e. The Kier molecular flexibility index (Phi) is 5.13. The van der Waals surface area contributed by atoms with Crippen molar-refractivity contribution in [2.24, 2.45) is 0 Å². The van der Waals surface area contributed by atoms with Gasteiger partial charge < -0.3 is 14.5 Å². The molecule has 3 aromatic rings. The molecule has 7 heteroatoms. The van der Waals surface area contributed by atoms with Crippen molar-refractivity contribution in [3.63, 3.8) is 0 Å². The number of thiazole rings is 1. The molecule has 0 spiro atoms. The van der Waals surface area contributed by atoms with Gasteiger partial charge in [-0.3, -0.25) is 4.79 Å². The number of nitrogens with zero attached hydrogens (tertiary/aromatic N) is 3. The van der Waals surface area contributed by atoms with Crippen LogP contribution in [0.25, 0.3) is 9.88 Å². The van der Waals surface area contributed by atoms with Gasteiger partial charge in [0.15, 0.2) is 0 Å². The van der Waals surface area contributed by atoms with Gasteiger partial charge in [0.2, 0.25) is 0 Å². The zero-order valence-electron chi connectivity index (χ0n) is 15.3. The van der Waals surface area contributed by atoms with E-state index in [2.05, 4.69) is 35.0 Å². The van der Waals surface area contributed by atoms with Crippen LogP contribution in [-0.2, 0) is 0 Å². The standard InChI is InChI=1S/C20H21N3O2S2/c1-14-7-8-18(27-14)19-21-15(13-26-19)20(24)23-11-9-22(10-12-23)16-5-3-4-6-17(16)25-2/h3-8,13H,9-12H2,1-2H3. The van der Waals surface area contributed by atoms with Crippen molar-refractivity contribution >= 4 is 34.3 Å². The molecule has 0 radical (unpaired) electrons. The quantitative estimate of drug-likeness (QED) is 0.661.